The predicted molar refractivity (Wildman–Crippen MR) is 131 cm³/mol. The second-order valence-corrected chi connectivity index (χ2v) is 8.28. The molecule has 33 heavy (non-hydrogen) atoms. The van der Waals surface area contributed by atoms with E-state index in [2.05, 4.69) is 32.5 Å². The molecule has 1 aliphatic heterocycles. The summed E-state index contributed by atoms with van der Waals surface area (Å²) in [7, 11) is 2.10. The number of nitrogens with zero attached hydrogens (tertiary/aromatic N) is 3. The maximum atomic E-state index is 14.1. The first kappa shape index (κ1) is 24.5. The van der Waals surface area contributed by atoms with Crippen molar-refractivity contribution < 1.29 is 9.18 Å². The van der Waals surface area contributed by atoms with Crippen LogP contribution in [0.3, 0.4) is 0 Å². The van der Waals surface area contributed by atoms with Gasteiger partial charge in [0.1, 0.15) is 11.6 Å². The molecular weight excluding hydrogens is 445 g/mol. The summed E-state index contributed by atoms with van der Waals surface area (Å²) in [4.78, 5) is 21.1. The Labute approximate surface area is 198 Å². The first-order valence-electron chi connectivity index (χ1n) is 10.6. The van der Waals surface area contributed by atoms with Crippen LogP contribution in [-0.2, 0) is 4.79 Å². The number of hydrogen-bond donors (Lipinski definition) is 4. The van der Waals surface area contributed by atoms with Crippen molar-refractivity contribution in [3.05, 3.63) is 70.9 Å². The molecule has 1 aliphatic rings. The number of carbonyl (C=O) groups is 1. The molecule has 1 aromatic heterocycles. The molecule has 0 aliphatic carbocycles. The van der Waals surface area contributed by atoms with Gasteiger partial charge in [-0.05, 0) is 37.4 Å². The fourth-order valence-electron chi connectivity index (χ4n) is 3.37. The molecule has 1 fully saturated rings. The topological polar surface area (TPSA) is 113 Å². The summed E-state index contributed by atoms with van der Waals surface area (Å²) in [6.45, 7) is 4.66. The summed E-state index contributed by atoms with van der Waals surface area (Å²) >= 11 is 5.94. The van der Waals surface area contributed by atoms with E-state index in [9.17, 15) is 9.18 Å². The number of aromatic nitrogens is 1. The van der Waals surface area contributed by atoms with Gasteiger partial charge in [-0.15, -0.1) is 0 Å². The predicted octanol–water partition coefficient (Wildman–Crippen LogP) is 2.66. The molecule has 2 aromatic rings. The monoisotopic (exact) mass is 473 g/mol. The minimum atomic E-state index is -0.491. The zero-order valence-corrected chi connectivity index (χ0v) is 19.3. The van der Waals surface area contributed by atoms with Crippen LogP contribution < -0.4 is 22.1 Å². The number of piperazine rings is 1. The minimum absolute atomic E-state index is 0.103. The summed E-state index contributed by atoms with van der Waals surface area (Å²) < 4.78 is 14.1. The van der Waals surface area contributed by atoms with Gasteiger partial charge in [-0.2, -0.15) is 0 Å². The van der Waals surface area contributed by atoms with Crippen LogP contribution in [-0.4, -0.2) is 60.5 Å². The van der Waals surface area contributed by atoms with Gasteiger partial charge >= 0.3 is 0 Å². The van der Waals surface area contributed by atoms with Gasteiger partial charge in [0.25, 0.3) is 0 Å². The third kappa shape index (κ3) is 7.45. The summed E-state index contributed by atoms with van der Waals surface area (Å²) in [5.41, 5.74) is 13.2. The van der Waals surface area contributed by atoms with Crippen molar-refractivity contribution in [2.24, 2.45) is 11.5 Å². The van der Waals surface area contributed by atoms with E-state index in [1.165, 1.54) is 30.5 Å². The molecular formula is C23H29ClFN7O. The molecule has 1 saturated heterocycles. The standard InChI is InChI=1S/C23H29ClFN7O/c1-31-8-10-32(11-9-31)7-5-23(33)30-22-14-17(4-6-28-22)29-18(15-26)13-21(27)19-12-16(24)2-3-20(19)25/h2-4,6,12-15H,5,7-11,26-27H2,1H3,(H2,28,29,30,33)/b18-15+,21-13-. The number of rotatable bonds is 8. The lowest BCUT2D eigenvalue weighted by Crippen LogP contribution is -2.45. The van der Waals surface area contributed by atoms with E-state index in [0.717, 1.165) is 26.2 Å². The Morgan fingerprint density at radius 2 is 1.97 bits per heavy atom. The molecule has 2 heterocycles. The van der Waals surface area contributed by atoms with Gasteiger partial charge in [-0.25, -0.2) is 9.37 Å². The Morgan fingerprint density at radius 1 is 1.21 bits per heavy atom. The van der Waals surface area contributed by atoms with Gasteiger partial charge in [0.2, 0.25) is 5.91 Å². The van der Waals surface area contributed by atoms with E-state index in [1.807, 2.05) is 0 Å². The van der Waals surface area contributed by atoms with Crippen molar-refractivity contribution in [3.8, 4) is 0 Å². The molecule has 6 N–H and O–H groups in total. The van der Waals surface area contributed by atoms with E-state index in [4.69, 9.17) is 23.1 Å². The van der Waals surface area contributed by atoms with Crippen LogP contribution in [0.1, 0.15) is 12.0 Å². The normalized spacial score (nSPS) is 16.0. The first-order valence-corrected chi connectivity index (χ1v) is 11.0. The number of nitrogens with two attached hydrogens (primary N) is 2. The van der Waals surface area contributed by atoms with Gasteiger partial charge in [0, 0.05) is 79.6 Å². The highest BCUT2D eigenvalue weighted by molar-refractivity contribution is 6.30. The van der Waals surface area contributed by atoms with Crippen LogP contribution in [0.25, 0.3) is 5.70 Å². The molecule has 0 spiro atoms. The first-order chi connectivity index (χ1) is 15.8. The number of allylic oxidation sites excluding steroid dienone is 1. The highest BCUT2D eigenvalue weighted by Crippen LogP contribution is 2.21. The Hall–Kier alpha value is -3.14. The van der Waals surface area contributed by atoms with Crippen molar-refractivity contribution in [2.45, 2.75) is 6.42 Å². The lowest BCUT2D eigenvalue weighted by Gasteiger charge is -2.32. The van der Waals surface area contributed by atoms with Crippen LogP contribution in [0.15, 0.2) is 54.5 Å². The lowest BCUT2D eigenvalue weighted by molar-refractivity contribution is -0.116. The highest BCUT2D eigenvalue weighted by Gasteiger charge is 2.15. The molecule has 0 bridgehead atoms. The van der Waals surface area contributed by atoms with E-state index in [0.29, 0.717) is 35.2 Å². The zero-order chi connectivity index (χ0) is 23.8. The second-order valence-electron chi connectivity index (χ2n) is 7.84. The van der Waals surface area contributed by atoms with Gasteiger partial charge in [0.15, 0.2) is 0 Å². The van der Waals surface area contributed by atoms with Gasteiger partial charge in [-0.3, -0.25) is 4.79 Å². The van der Waals surface area contributed by atoms with E-state index in [-0.39, 0.29) is 17.2 Å². The number of benzene rings is 1. The van der Waals surface area contributed by atoms with Crippen LogP contribution in [0.4, 0.5) is 15.9 Å². The largest absolute Gasteiger partial charge is 0.403 e. The number of nitrogens with one attached hydrogen (secondary N) is 2. The molecule has 0 saturated carbocycles. The summed E-state index contributed by atoms with van der Waals surface area (Å²) in [6, 6.07) is 7.54. The number of pyridine rings is 1. The molecule has 3 rings (SSSR count). The minimum Gasteiger partial charge on any atom is -0.403 e. The lowest BCUT2D eigenvalue weighted by atomic mass is 10.1. The molecule has 176 valence electrons. The number of hydrogen-bond acceptors (Lipinski definition) is 7. The van der Waals surface area contributed by atoms with Crippen molar-refractivity contribution in [2.75, 3.05) is 50.4 Å². The number of carbonyl (C=O) groups excluding carboxylic acids is 1. The maximum absolute atomic E-state index is 14.1. The molecule has 10 heteroatoms. The molecule has 0 radical (unpaired) electrons. The Morgan fingerprint density at radius 3 is 2.70 bits per heavy atom. The quantitative estimate of drug-likeness (QED) is 0.436. The van der Waals surface area contributed by atoms with E-state index in [1.54, 1.807) is 18.3 Å². The number of anilines is 2. The smallest absolute Gasteiger partial charge is 0.226 e. The molecule has 1 amide bonds. The van der Waals surface area contributed by atoms with Crippen LogP contribution in [0.2, 0.25) is 5.02 Å². The number of amides is 1. The second kappa shape index (κ2) is 11.6. The third-order valence-corrected chi connectivity index (χ3v) is 5.53. The van der Waals surface area contributed by atoms with Crippen LogP contribution in [0, 0.1) is 5.82 Å². The van der Waals surface area contributed by atoms with Crippen molar-refractivity contribution in [1.29, 1.82) is 0 Å². The zero-order valence-electron chi connectivity index (χ0n) is 18.5. The van der Waals surface area contributed by atoms with Gasteiger partial charge < -0.3 is 31.9 Å². The third-order valence-electron chi connectivity index (χ3n) is 5.30. The Bertz CT molecular complexity index is 1040. The molecule has 0 unspecified atom stereocenters. The van der Waals surface area contributed by atoms with Crippen LogP contribution >= 0.6 is 11.6 Å². The van der Waals surface area contributed by atoms with Crippen molar-refractivity contribution in [3.63, 3.8) is 0 Å². The average molecular weight is 474 g/mol. The van der Waals surface area contributed by atoms with E-state index < -0.39 is 5.82 Å². The number of halogens is 2. The SMILES string of the molecule is CN1CCN(CCC(=O)Nc2cc(NC(/C=C(\N)c3cc(Cl)ccc3F)=C/N)ccn2)CC1. The fraction of sp³-hybridized carbons (Fsp3) is 0.304. The van der Waals surface area contributed by atoms with Gasteiger partial charge in [-0.1, -0.05) is 11.6 Å². The Balaban J connectivity index is 1.59. The molecule has 1 aromatic carbocycles. The van der Waals surface area contributed by atoms with Gasteiger partial charge in [0.05, 0.1) is 5.70 Å². The highest BCUT2D eigenvalue weighted by atomic mass is 35.5. The Kier molecular flexibility index (Phi) is 8.65. The summed E-state index contributed by atoms with van der Waals surface area (Å²) in [6.07, 6.45) is 4.77. The van der Waals surface area contributed by atoms with Crippen molar-refractivity contribution in [1.82, 2.24) is 14.8 Å². The fourth-order valence-corrected chi connectivity index (χ4v) is 3.54. The maximum Gasteiger partial charge on any atom is 0.226 e. The average Bonchev–Trinajstić information content (AvgIpc) is 2.80. The van der Waals surface area contributed by atoms with Crippen molar-refractivity contribution >= 4 is 34.7 Å². The molecule has 8 nitrogen and oxygen atoms in total. The summed E-state index contributed by atoms with van der Waals surface area (Å²) in [5, 5.41) is 6.28. The number of likely N-dealkylation sites (N-methyl/N-ethyl adjacent to an activating group) is 1. The van der Waals surface area contributed by atoms with E-state index >= 15 is 0 Å². The van der Waals surface area contributed by atoms with Crippen LogP contribution in [0.5, 0.6) is 0 Å². The molecule has 0 atom stereocenters. The summed E-state index contributed by atoms with van der Waals surface area (Å²) in [5.74, 6) is -0.179.